The molecule has 0 aliphatic rings. The quantitative estimate of drug-likeness (QED) is 0.588. The number of H-pyrrole nitrogens is 2. The summed E-state index contributed by atoms with van der Waals surface area (Å²) in [6.45, 7) is 4.09. The summed E-state index contributed by atoms with van der Waals surface area (Å²) in [6.07, 6.45) is 0. The summed E-state index contributed by atoms with van der Waals surface area (Å²) < 4.78 is 0. The predicted molar refractivity (Wildman–Crippen MR) is 65.4 cm³/mol. The molecule has 2 aromatic heterocycles. The van der Waals surface area contributed by atoms with Gasteiger partial charge in [0.2, 0.25) is 5.95 Å². The lowest BCUT2D eigenvalue weighted by atomic mass is 10.1. The van der Waals surface area contributed by atoms with E-state index in [9.17, 15) is 0 Å². The van der Waals surface area contributed by atoms with Crippen molar-refractivity contribution in [1.82, 2.24) is 25.1 Å². The molecule has 0 unspecified atom stereocenters. The normalized spacial score (nSPS) is 11.2. The van der Waals surface area contributed by atoms with Crippen molar-refractivity contribution < 1.29 is 0 Å². The molecule has 0 atom stereocenters. The maximum absolute atomic E-state index is 5.47. The Balaban J connectivity index is 2.23. The summed E-state index contributed by atoms with van der Waals surface area (Å²) in [5.74, 6) is 1.42. The lowest BCUT2D eigenvalue weighted by Gasteiger charge is -1.96. The number of anilines is 1. The lowest BCUT2D eigenvalue weighted by molar-refractivity contribution is 1.09. The van der Waals surface area contributed by atoms with Crippen LogP contribution in [-0.4, -0.2) is 25.1 Å². The van der Waals surface area contributed by atoms with E-state index in [1.807, 2.05) is 6.92 Å². The third-order valence-corrected chi connectivity index (χ3v) is 2.65. The Labute approximate surface area is 97.3 Å². The second-order valence-corrected chi connectivity index (χ2v) is 4.11. The number of hydrogen-bond donors (Lipinski definition) is 3. The molecule has 4 N–H and O–H groups in total. The van der Waals surface area contributed by atoms with Crippen LogP contribution in [0.15, 0.2) is 12.1 Å². The van der Waals surface area contributed by atoms with Gasteiger partial charge < -0.3 is 10.7 Å². The molecule has 0 aliphatic carbocycles. The number of fused-ring (bicyclic) bond motifs is 1. The van der Waals surface area contributed by atoms with E-state index < -0.39 is 0 Å². The van der Waals surface area contributed by atoms with Gasteiger partial charge in [0.1, 0.15) is 0 Å². The Morgan fingerprint density at radius 1 is 1.12 bits per heavy atom. The fraction of sp³-hybridized carbons (Fsp3) is 0.182. The monoisotopic (exact) mass is 228 g/mol. The van der Waals surface area contributed by atoms with Gasteiger partial charge in [-0.05, 0) is 31.0 Å². The van der Waals surface area contributed by atoms with Crippen LogP contribution < -0.4 is 5.73 Å². The summed E-state index contributed by atoms with van der Waals surface area (Å²) in [7, 11) is 0. The number of rotatable bonds is 1. The van der Waals surface area contributed by atoms with Crippen molar-refractivity contribution in [2.75, 3.05) is 5.73 Å². The number of hydrogen-bond acceptors (Lipinski definition) is 4. The number of nitrogens with one attached hydrogen (secondary N) is 2. The zero-order valence-corrected chi connectivity index (χ0v) is 9.57. The average Bonchev–Trinajstić information content (AvgIpc) is 2.83. The molecule has 1 aromatic carbocycles. The van der Waals surface area contributed by atoms with Gasteiger partial charge in [-0.1, -0.05) is 6.07 Å². The van der Waals surface area contributed by atoms with Gasteiger partial charge in [-0.25, -0.2) is 4.98 Å². The molecular formula is C11H12N6. The van der Waals surface area contributed by atoms with Gasteiger partial charge in [0, 0.05) is 0 Å². The van der Waals surface area contributed by atoms with Gasteiger partial charge in [0.25, 0.3) is 0 Å². The highest BCUT2D eigenvalue weighted by Crippen LogP contribution is 2.21. The van der Waals surface area contributed by atoms with E-state index in [4.69, 9.17) is 5.73 Å². The number of nitrogens with two attached hydrogens (primary N) is 1. The number of benzene rings is 1. The third-order valence-electron chi connectivity index (χ3n) is 2.65. The predicted octanol–water partition coefficient (Wildman–Crippen LogP) is 1.55. The van der Waals surface area contributed by atoms with Crippen LogP contribution in [0.3, 0.4) is 0 Å². The highest BCUT2D eigenvalue weighted by molar-refractivity contribution is 5.82. The van der Waals surface area contributed by atoms with Crippen molar-refractivity contribution in [2.24, 2.45) is 0 Å². The molecular weight excluding hydrogens is 216 g/mol. The first-order chi connectivity index (χ1) is 8.13. The molecule has 0 saturated heterocycles. The molecule has 0 fully saturated rings. The fourth-order valence-electron chi connectivity index (χ4n) is 1.96. The van der Waals surface area contributed by atoms with Crippen molar-refractivity contribution in [3.8, 4) is 11.6 Å². The maximum Gasteiger partial charge on any atom is 0.239 e. The molecule has 0 amide bonds. The number of aromatic amines is 2. The van der Waals surface area contributed by atoms with E-state index in [2.05, 4.69) is 44.2 Å². The Morgan fingerprint density at radius 3 is 2.65 bits per heavy atom. The highest BCUT2D eigenvalue weighted by Gasteiger charge is 2.10. The molecule has 86 valence electrons. The molecule has 2 heterocycles. The molecule has 6 heteroatoms. The van der Waals surface area contributed by atoms with Crippen molar-refractivity contribution in [2.45, 2.75) is 13.8 Å². The van der Waals surface area contributed by atoms with Crippen LogP contribution in [0.5, 0.6) is 0 Å². The van der Waals surface area contributed by atoms with Gasteiger partial charge in [0.05, 0.1) is 11.0 Å². The van der Waals surface area contributed by atoms with Crippen LogP contribution in [0.25, 0.3) is 22.7 Å². The van der Waals surface area contributed by atoms with Crippen molar-refractivity contribution in [1.29, 1.82) is 0 Å². The van der Waals surface area contributed by atoms with Crippen LogP contribution in [0, 0.1) is 13.8 Å². The number of aryl methyl sites for hydroxylation is 2. The van der Waals surface area contributed by atoms with Gasteiger partial charge >= 0.3 is 0 Å². The summed E-state index contributed by atoms with van der Waals surface area (Å²) in [5.41, 5.74) is 9.74. The van der Waals surface area contributed by atoms with Crippen LogP contribution in [-0.2, 0) is 0 Å². The summed E-state index contributed by atoms with van der Waals surface area (Å²) in [5, 5.41) is 6.52. The van der Waals surface area contributed by atoms with Crippen LogP contribution >= 0.6 is 0 Å². The van der Waals surface area contributed by atoms with E-state index in [-0.39, 0.29) is 5.95 Å². The van der Waals surface area contributed by atoms with Crippen LogP contribution in [0.1, 0.15) is 11.1 Å². The molecule has 0 bridgehead atoms. The van der Waals surface area contributed by atoms with Gasteiger partial charge in [0.15, 0.2) is 11.6 Å². The topological polar surface area (TPSA) is 96.3 Å². The molecule has 0 aliphatic heterocycles. The van der Waals surface area contributed by atoms with Gasteiger partial charge in [-0.15, -0.1) is 5.10 Å². The number of imidazole rings is 1. The SMILES string of the molecule is Cc1cc(C)c2nc(-c3nc(N)n[nH]3)[nH]c2c1. The first kappa shape index (κ1) is 9.83. The van der Waals surface area contributed by atoms with E-state index >= 15 is 0 Å². The van der Waals surface area contributed by atoms with Gasteiger partial charge in [-0.2, -0.15) is 4.98 Å². The minimum Gasteiger partial charge on any atom is -0.366 e. The zero-order valence-electron chi connectivity index (χ0n) is 9.57. The van der Waals surface area contributed by atoms with E-state index in [0.29, 0.717) is 11.6 Å². The van der Waals surface area contributed by atoms with Crippen molar-refractivity contribution in [3.63, 3.8) is 0 Å². The highest BCUT2D eigenvalue weighted by atomic mass is 15.3. The number of aromatic nitrogens is 5. The summed E-state index contributed by atoms with van der Waals surface area (Å²) >= 11 is 0. The standard InChI is InChI=1S/C11H12N6/c1-5-3-6(2)8-7(4-5)13-9(14-8)10-15-11(12)17-16-10/h3-4H,1-2H3,(H,13,14)(H3,12,15,16,17). The van der Waals surface area contributed by atoms with Crippen molar-refractivity contribution in [3.05, 3.63) is 23.3 Å². The maximum atomic E-state index is 5.47. The van der Waals surface area contributed by atoms with E-state index in [1.165, 1.54) is 5.56 Å². The third kappa shape index (κ3) is 1.54. The summed E-state index contributed by atoms with van der Waals surface area (Å²) in [6, 6.07) is 4.15. The smallest absolute Gasteiger partial charge is 0.239 e. The Bertz CT molecular complexity index is 693. The Hall–Kier alpha value is -2.37. The largest absolute Gasteiger partial charge is 0.366 e. The first-order valence-corrected chi connectivity index (χ1v) is 5.29. The Kier molecular flexibility index (Phi) is 1.91. The molecule has 17 heavy (non-hydrogen) atoms. The minimum atomic E-state index is 0.216. The lowest BCUT2D eigenvalue weighted by Crippen LogP contribution is -1.86. The first-order valence-electron chi connectivity index (χ1n) is 5.29. The Morgan fingerprint density at radius 2 is 1.94 bits per heavy atom. The molecule has 0 saturated carbocycles. The van der Waals surface area contributed by atoms with Crippen LogP contribution in [0.2, 0.25) is 0 Å². The van der Waals surface area contributed by atoms with E-state index in [1.54, 1.807) is 0 Å². The molecule has 3 aromatic rings. The zero-order chi connectivity index (χ0) is 12.0. The van der Waals surface area contributed by atoms with Crippen molar-refractivity contribution >= 4 is 17.0 Å². The number of nitrogen functional groups attached to an aromatic ring is 1. The van der Waals surface area contributed by atoms with E-state index in [0.717, 1.165) is 16.6 Å². The molecule has 3 rings (SSSR count). The second-order valence-electron chi connectivity index (χ2n) is 4.11. The minimum absolute atomic E-state index is 0.216. The molecule has 0 spiro atoms. The second kappa shape index (κ2) is 3.31. The molecule has 6 nitrogen and oxygen atoms in total. The van der Waals surface area contributed by atoms with Gasteiger partial charge in [-0.3, -0.25) is 5.10 Å². The fourth-order valence-corrected chi connectivity index (χ4v) is 1.96. The summed E-state index contributed by atoms with van der Waals surface area (Å²) in [4.78, 5) is 11.7. The average molecular weight is 228 g/mol. The van der Waals surface area contributed by atoms with Crippen LogP contribution in [0.4, 0.5) is 5.95 Å². The molecule has 0 radical (unpaired) electrons. The number of nitrogens with zero attached hydrogens (tertiary/aromatic N) is 3.